The Bertz CT molecular complexity index is 525. The van der Waals surface area contributed by atoms with Gasteiger partial charge in [-0.05, 0) is 30.0 Å². The highest BCUT2D eigenvalue weighted by atomic mass is 35.5. The second kappa shape index (κ2) is 4.28. The van der Waals surface area contributed by atoms with E-state index in [-0.39, 0.29) is 27.8 Å². The number of aromatic carboxylic acids is 1. The van der Waals surface area contributed by atoms with E-state index in [1.807, 2.05) is 13.8 Å². The van der Waals surface area contributed by atoms with Crippen molar-refractivity contribution >= 4 is 29.2 Å². The van der Waals surface area contributed by atoms with Gasteiger partial charge in [-0.15, -0.1) is 0 Å². The summed E-state index contributed by atoms with van der Waals surface area (Å²) in [5.74, 6) is -1.18. The molecule has 1 fully saturated rings. The lowest BCUT2D eigenvalue weighted by atomic mass is 10.1. The van der Waals surface area contributed by atoms with Crippen LogP contribution in [0.5, 0.6) is 0 Å². The van der Waals surface area contributed by atoms with E-state index in [2.05, 4.69) is 5.32 Å². The molecule has 1 aromatic rings. The fourth-order valence-electron chi connectivity index (χ4n) is 1.91. The zero-order valence-electron chi connectivity index (χ0n) is 10.2. The molecular weight excluding hydrogens is 254 g/mol. The Kier molecular flexibility index (Phi) is 3.07. The van der Waals surface area contributed by atoms with Gasteiger partial charge in [0.1, 0.15) is 0 Å². The molecule has 2 N–H and O–H groups in total. The van der Waals surface area contributed by atoms with Gasteiger partial charge in [-0.3, -0.25) is 4.79 Å². The topological polar surface area (TPSA) is 66.4 Å². The van der Waals surface area contributed by atoms with Crippen LogP contribution in [-0.4, -0.2) is 17.0 Å². The summed E-state index contributed by atoms with van der Waals surface area (Å²) in [6, 6.07) is 4.44. The molecule has 1 aromatic carbocycles. The molecule has 1 unspecified atom stereocenters. The molecular formula is C13H14ClNO3. The number of rotatable bonds is 3. The van der Waals surface area contributed by atoms with E-state index in [0.717, 1.165) is 6.42 Å². The van der Waals surface area contributed by atoms with Crippen molar-refractivity contribution in [1.82, 2.24) is 0 Å². The van der Waals surface area contributed by atoms with Gasteiger partial charge in [0.15, 0.2) is 0 Å². The summed E-state index contributed by atoms with van der Waals surface area (Å²) in [7, 11) is 0. The van der Waals surface area contributed by atoms with E-state index in [9.17, 15) is 9.59 Å². The van der Waals surface area contributed by atoms with Crippen LogP contribution in [0.3, 0.4) is 0 Å². The second-order valence-electron chi connectivity index (χ2n) is 5.23. The SMILES string of the molecule is CC1(C)CC1C(=O)Nc1ccc(Cl)c(C(=O)O)c1. The average molecular weight is 268 g/mol. The molecule has 0 aromatic heterocycles. The van der Waals surface area contributed by atoms with Crippen molar-refractivity contribution in [2.45, 2.75) is 20.3 Å². The Morgan fingerprint density at radius 1 is 1.44 bits per heavy atom. The van der Waals surface area contributed by atoms with Gasteiger partial charge in [0.2, 0.25) is 5.91 Å². The van der Waals surface area contributed by atoms with Crippen molar-refractivity contribution in [2.24, 2.45) is 11.3 Å². The number of amides is 1. The summed E-state index contributed by atoms with van der Waals surface area (Å²) in [6.07, 6.45) is 0.859. The summed E-state index contributed by atoms with van der Waals surface area (Å²) in [5.41, 5.74) is 0.501. The van der Waals surface area contributed by atoms with Crippen molar-refractivity contribution in [3.8, 4) is 0 Å². The van der Waals surface area contributed by atoms with E-state index >= 15 is 0 Å². The van der Waals surface area contributed by atoms with Gasteiger partial charge in [0.25, 0.3) is 0 Å². The van der Waals surface area contributed by atoms with Gasteiger partial charge < -0.3 is 10.4 Å². The Morgan fingerprint density at radius 2 is 2.06 bits per heavy atom. The van der Waals surface area contributed by atoms with Gasteiger partial charge in [-0.25, -0.2) is 4.79 Å². The summed E-state index contributed by atoms with van der Waals surface area (Å²) < 4.78 is 0. The number of benzene rings is 1. The minimum Gasteiger partial charge on any atom is -0.478 e. The van der Waals surface area contributed by atoms with Gasteiger partial charge >= 0.3 is 5.97 Å². The summed E-state index contributed by atoms with van der Waals surface area (Å²) in [6.45, 7) is 4.06. The largest absolute Gasteiger partial charge is 0.478 e. The number of carbonyl (C=O) groups is 2. The molecule has 96 valence electrons. The van der Waals surface area contributed by atoms with E-state index < -0.39 is 5.97 Å². The molecule has 0 bridgehead atoms. The van der Waals surface area contributed by atoms with Crippen molar-refractivity contribution in [2.75, 3.05) is 5.32 Å². The predicted octanol–water partition coefficient (Wildman–Crippen LogP) is 3.02. The van der Waals surface area contributed by atoms with Crippen LogP contribution >= 0.6 is 11.6 Å². The van der Waals surface area contributed by atoms with Crippen molar-refractivity contribution < 1.29 is 14.7 Å². The predicted molar refractivity (Wildman–Crippen MR) is 68.9 cm³/mol. The van der Waals surface area contributed by atoms with Crippen LogP contribution in [0.4, 0.5) is 5.69 Å². The molecule has 1 aliphatic carbocycles. The zero-order valence-corrected chi connectivity index (χ0v) is 10.9. The highest BCUT2D eigenvalue weighted by Gasteiger charge is 2.50. The van der Waals surface area contributed by atoms with Crippen LogP contribution in [0, 0.1) is 11.3 Å². The molecule has 0 spiro atoms. The van der Waals surface area contributed by atoms with E-state index in [1.54, 1.807) is 6.07 Å². The van der Waals surface area contributed by atoms with E-state index in [0.29, 0.717) is 5.69 Å². The molecule has 1 aliphatic rings. The molecule has 0 radical (unpaired) electrons. The minimum atomic E-state index is -1.11. The maximum Gasteiger partial charge on any atom is 0.337 e. The Hall–Kier alpha value is -1.55. The number of hydrogen-bond acceptors (Lipinski definition) is 2. The number of halogens is 1. The molecule has 1 amide bonds. The zero-order chi connectivity index (χ0) is 13.5. The summed E-state index contributed by atoms with van der Waals surface area (Å²) >= 11 is 5.75. The second-order valence-corrected chi connectivity index (χ2v) is 5.64. The third-order valence-electron chi connectivity index (χ3n) is 3.29. The normalized spacial score (nSPS) is 20.3. The third-order valence-corrected chi connectivity index (χ3v) is 3.62. The first kappa shape index (κ1) is 12.9. The molecule has 1 atom stereocenters. The van der Waals surface area contributed by atoms with Gasteiger partial charge in [0.05, 0.1) is 10.6 Å². The Balaban J connectivity index is 2.13. The lowest BCUT2D eigenvalue weighted by molar-refractivity contribution is -0.118. The van der Waals surface area contributed by atoms with E-state index in [1.165, 1.54) is 12.1 Å². The van der Waals surface area contributed by atoms with Gasteiger partial charge in [0, 0.05) is 11.6 Å². The van der Waals surface area contributed by atoms with Crippen LogP contribution in [-0.2, 0) is 4.79 Å². The van der Waals surface area contributed by atoms with Crippen LogP contribution in [0.15, 0.2) is 18.2 Å². The molecule has 18 heavy (non-hydrogen) atoms. The number of nitrogens with one attached hydrogen (secondary N) is 1. The number of carboxylic acids is 1. The first-order valence-electron chi connectivity index (χ1n) is 5.65. The van der Waals surface area contributed by atoms with Gasteiger partial charge in [-0.1, -0.05) is 25.4 Å². The molecule has 1 saturated carbocycles. The monoisotopic (exact) mass is 267 g/mol. The van der Waals surface area contributed by atoms with Crippen molar-refractivity contribution in [1.29, 1.82) is 0 Å². The van der Waals surface area contributed by atoms with Crippen molar-refractivity contribution in [3.63, 3.8) is 0 Å². The van der Waals surface area contributed by atoms with Crippen LogP contribution in [0.25, 0.3) is 0 Å². The van der Waals surface area contributed by atoms with Gasteiger partial charge in [-0.2, -0.15) is 0 Å². The molecule has 0 saturated heterocycles. The quantitative estimate of drug-likeness (QED) is 0.885. The minimum absolute atomic E-state index is 0.00135. The first-order valence-corrected chi connectivity index (χ1v) is 6.03. The fourth-order valence-corrected chi connectivity index (χ4v) is 2.11. The summed E-state index contributed by atoms with van der Waals surface area (Å²) in [4.78, 5) is 22.8. The average Bonchev–Trinajstić information content (AvgIpc) is 2.90. The number of hydrogen-bond donors (Lipinski definition) is 2. The molecule has 0 aliphatic heterocycles. The first-order chi connectivity index (χ1) is 8.31. The molecule has 5 heteroatoms. The maximum atomic E-state index is 11.9. The summed E-state index contributed by atoms with van der Waals surface area (Å²) in [5, 5.41) is 11.8. The van der Waals surface area contributed by atoms with Crippen LogP contribution in [0.2, 0.25) is 5.02 Å². The lowest BCUT2D eigenvalue weighted by Crippen LogP contribution is -2.16. The molecule has 4 nitrogen and oxygen atoms in total. The number of carboxylic acid groups (broad SMARTS) is 1. The Morgan fingerprint density at radius 3 is 2.56 bits per heavy atom. The standard InChI is InChI=1S/C13H14ClNO3/c1-13(2)6-9(13)11(16)15-7-3-4-10(14)8(5-7)12(17)18/h3-5,9H,6H2,1-2H3,(H,15,16)(H,17,18). The Labute approximate surface area is 110 Å². The van der Waals surface area contributed by atoms with Crippen molar-refractivity contribution in [3.05, 3.63) is 28.8 Å². The lowest BCUT2D eigenvalue weighted by Gasteiger charge is -2.08. The molecule has 0 heterocycles. The number of carbonyl (C=O) groups excluding carboxylic acids is 1. The fraction of sp³-hybridized carbons (Fsp3) is 0.385. The third kappa shape index (κ3) is 2.48. The number of anilines is 1. The highest BCUT2D eigenvalue weighted by Crippen LogP contribution is 2.52. The molecule has 2 rings (SSSR count). The van der Waals surface area contributed by atoms with Crippen LogP contribution < -0.4 is 5.32 Å². The smallest absolute Gasteiger partial charge is 0.337 e. The van der Waals surface area contributed by atoms with E-state index in [4.69, 9.17) is 16.7 Å². The highest BCUT2D eigenvalue weighted by molar-refractivity contribution is 6.33. The maximum absolute atomic E-state index is 11.9. The van der Waals surface area contributed by atoms with Crippen LogP contribution in [0.1, 0.15) is 30.6 Å².